The van der Waals surface area contributed by atoms with Crippen molar-refractivity contribution in [2.24, 2.45) is 11.8 Å². The fourth-order valence-electron chi connectivity index (χ4n) is 2.90. The molecule has 1 N–H and O–H groups in total. The summed E-state index contributed by atoms with van der Waals surface area (Å²) in [5, 5.41) is 3.79. The van der Waals surface area contributed by atoms with Crippen LogP contribution in [0.5, 0.6) is 5.75 Å². The monoisotopic (exact) mass is 273 g/mol. The third-order valence-electron chi connectivity index (χ3n) is 4.49. The van der Waals surface area contributed by atoms with E-state index in [1.807, 2.05) is 0 Å². The van der Waals surface area contributed by atoms with Crippen molar-refractivity contribution in [3.05, 3.63) is 29.8 Å². The normalized spacial score (nSPS) is 18.5. The van der Waals surface area contributed by atoms with Gasteiger partial charge in [-0.2, -0.15) is 0 Å². The molecule has 0 spiro atoms. The predicted octanol–water partition coefficient (Wildman–Crippen LogP) is 4.14. The number of rotatable bonds is 9. The SMILES string of the molecule is CCCCOc1ccc(CNC(C2CC2)C2CC2)cc1. The lowest BCUT2D eigenvalue weighted by Crippen LogP contribution is -2.32. The van der Waals surface area contributed by atoms with Gasteiger partial charge in [-0.3, -0.25) is 0 Å². The molecule has 2 aliphatic rings. The Labute approximate surface area is 122 Å². The molecule has 2 nitrogen and oxygen atoms in total. The fraction of sp³-hybridized carbons (Fsp3) is 0.667. The standard InChI is InChI=1S/C18H27NO/c1-2-3-12-20-17-10-4-14(5-11-17)13-19-18(15-6-7-15)16-8-9-16/h4-5,10-11,15-16,18-19H,2-3,6-9,12-13H2,1H3. The van der Waals surface area contributed by atoms with Crippen LogP contribution in [0.2, 0.25) is 0 Å². The van der Waals surface area contributed by atoms with Gasteiger partial charge in [0.05, 0.1) is 6.61 Å². The van der Waals surface area contributed by atoms with Gasteiger partial charge in [-0.1, -0.05) is 25.5 Å². The summed E-state index contributed by atoms with van der Waals surface area (Å²) in [6.45, 7) is 4.03. The second-order valence-electron chi connectivity index (χ2n) is 6.43. The Hall–Kier alpha value is -1.02. The lowest BCUT2D eigenvalue weighted by Gasteiger charge is -2.17. The first-order valence-corrected chi connectivity index (χ1v) is 8.32. The van der Waals surface area contributed by atoms with Crippen molar-refractivity contribution < 1.29 is 4.74 Å². The molecular formula is C18H27NO. The van der Waals surface area contributed by atoms with Gasteiger partial charge in [0, 0.05) is 12.6 Å². The van der Waals surface area contributed by atoms with E-state index in [9.17, 15) is 0 Å². The Morgan fingerprint density at radius 2 is 1.75 bits per heavy atom. The maximum atomic E-state index is 5.70. The van der Waals surface area contributed by atoms with Crippen LogP contribution in [0.4, 0.5) is 0 Å². The summed E-state index contributed by atoms with van der Waals surface area (Å²) < 4.78 is 5.70. The van der Waals surface area contributed by atoms with Gasteiger partial charge < -0.3 is 10.1 Å². The molecule has 1 aromatic rings. The van der Waals surface area contributed by atoms with E-state index in [0.29, 0.717) is 0 Å². The average molecular weight is 273 g/mol. The van der Waals surface area contributed by atoms with Gasteiger partial charge in [-0.25, -0.2) is 0 Å². The summed E-state index contributed by atoms with van der Waals surface area (Å²) in [6, 6.07) is 9.40. The Balaban J connectivity index is 1.45. The van der Waals surface area contributed by atoms with Crippen LogP contribution in [-0.2, 0) is 6.54 Å². The van der Waals surface area contributed by atoms with Gasteiger partial charge >= 0.3 is 0 Å². The van der Waals surface area contributed by atoms with E-state index < -0.39 is 0 Å². The summed E-state index contributed by atoms with van der Waals surface area (Å²) in [6.07, 6.45) is 8.09. The number of nitrogens with one attached hydrogen (secondary N) is 1. The largest absolute Gasteiger partial charge is 0.494 e. The highest BCUT2D eigenvalue weighted by atomic mass is 16.5. The maximum absolute atomic E-state index is 5.70. The van der Waals surface area contributed by atoms with Crippen LogP contribution >= 0.6 is 0 Å². The third kappa shape index (κ3) is 3.99. The zero-order valence-electron chi connectivity index (χ0n) is 12.6. The molecule has 20 heavy (non-hydrogen) atoms. The Morgan fingerprint density at radius 1 is 1.10 bits per heavy atom. The van der Waals surface area contributed by atoms with Crippen molar-refractivity contribution in [2.75, 3.05) is 6.61 Å². The molecule has 0 amide bonds. The van der Waals surface area contributed by atoms with E-state index >= 15 is 0 Å². The zero-order chi connectivity index (χ0) is 13.8. The van der Waals surface area contributed by atoms with Crippen LogP contribution in [0.1, 0.15) is 51.0 Å². The number of hydrogen-bond acceptors (Lipinski definition) is 2. The van der Waals surface area contributed by atoms with E-state index in [1.165, 1.54) is 37.7 Å². The summed E-state index contributed by atoms with van der Waals surface area (Å²) in [5.41, 5.74) is 1.37. The van der Waals surface area contributed by atoms with E-state index in [-0.39, 0.29) is 0 Å². The van der Waals surface area contributed by atoms with Gasteiger partial charge in [0.2, 0.25) is 0 Å². The van der Waals surface area contributed by atoms with Crippen LogP contribution in [0, 0.1) is 11.8 Å². The molecule has 0 saturated heterocycles. The number of unbranched alkanes of at least 4 members (excludes halogenated alkanes) is 1. The first kappa shape index (κ1) is 13.9. The average Bonchev–Trinajstić information content (AvgIpc) is 3.35. The zero-order valence-corrected chi connectivity index (χ0v) is 12.6. The van der Waals surface area contributed by atoms with Gasteiger partial charge in [0.1, 0.15) is 5.75 Å². The van der Waals surface area contributed by atoms with Crippen LogP contribution in [-0.4, -0.2) is 12.6 Å². The lowest BCUT2D eigenvalue weighted by molar-refractivity contribution is 0.309. The van der Waals surface area contributed by atoms with Crippen molar-refractivity contribution in [1.29, 1.82) is 0 Å². The van der Waals surface area contributed by atoms with Crippen molar-refractivity contribution >= 4 is 0 Å². The van der Waals surface area contributed by atoms with Gasteiger partial charge in [-0.05, 0) is 61.6 Å². The highest BCUT2D eigenvalue weighted by molar-refractivity contribution is 5.27. The smallest absolute Gasteiger partial charge is 0.119 e. The molecule has 0 radical (unpaired) electrons. The van der Waals surface area contributed by atoms with Crippen LogP contribution < -0.4 is 10.1 Å². The molecule has 2 aliphatic carbocycles. The molecule has 0 aromatic heterocycles. The third-order valence-corrected chi connectivity index (χ3v) is 4.49. The van der Waals surface area contributed by atoms with Gasteiger partial charge in [0.15, 0.2) is 0 Å². The van der Waals surface area contributed by atoms with Crippen molar-refractivity contribution in [2.45, 2.75) is 58.0 Å². The highest BCUT2D eigenvalue weighted by Crippen LogP contribution is 2.44. The van der Waals surface area contributed by atoms with E-state index in [4.69, 9.17) is 4.74 Å². The Kier molecular flexibility index (Phi) is 4.62. The molecule has 3 rings (SSSR count). The maximum Gasteiger partial charge on any atom is 0.119 e. The number of ether oxygens (including phenoxy) is 1. The molecule has 1 aromatic carbocycles. The molecule has 0 aliphatic heterocycles. The molecule has 0 bridgehead atoms. The van der Waals surface area contributed by atoms with Crippen LogP contribution in [0.25, 0.3) is 0 Å². The van der Waals surface area contributed by atoms with E-state index in [2.05, 4.69) is 36.5 Å². The second-order valence-corrected chi connectivity index (χ2v) is 6.43. The van der Waals surface area contributed by atoms with E-state index in [0.717, 1.165) is 43.2 Å². The van der Waals surface area contributed by atoms with E-state index in [1.54, 1.807) is 0 Å². The second kappa shape index (κ2) is 6.62. The summed E-state index contributed by atoms with van der Waals surface area (Å²) in [7, 11) is 0. The number of benzene rings is 1. The predicted molar refractivity (Wildman–Crippen MR) is 82.9 cm³/mol. The first-order valence-electron chi connectivity index (χ1n) is 8.32. The Bertz CT molecular complexity index is 394. The van der Waals surface area contributed by atoms with Crippen molar-refractivity contribution in [3.8, 4) is 5.75 Å². The molecule has 2 heteroatoms. The van der Waals surface area contributed by atoms with Crippen molar-refractivity contribution in [1.82, 2.24) is 5.32 Å². The Morgan fingerprint density at radius 3 is 2.30 bits per heavy atom. The summed E-state index contributed by atoms with van der Waals surface area (Å²) in [5.74, 6) is 2.95. The first-order chi connectivity index (χ1) is 9.86. The van der Waals surface area contributed by atoms with Gasteiger partial charge in [0.25, 0.3) is 0 Å². The highest BCUT2D eigenvalue weighted by Gasteiger charge is 2.40. The molecule has 2 fully saturated rings. The lowest BCUT2D eigenvalue weighted by atomic mass is 10.1. The molecule has 2 saturated carbocycles. The molecule has 110 valence electrons. The minimum absolute atomic E-state index is 0.787. The summed E-state index contributed by atoms with van der Waals surface area (Å²) >= 11 is 0. The number of hydrogen-bond donors (Lipinski definition) is 1. The van der Waals surface area contributed by atoms with Crippen LogP contribution in [0.15, 0.2) is 24.3 Å². The summed E-state index contributed by atoms with van der Waals surface area (Å²) in [4.78, 5) is 0. The van der Waals surface area contributed by atoms with Crippen LogP contribution in [0.3, 0.4) is 0 Å². The quantitative estimate of drug-likeness (QED) is 0.683. The van der Waals surface area contributed by atoms with Crippen molar-refractivity contribution in [3.63, 3.8) is 0 Å². The molecule has 0 atom stereocenters. The minimum atomic E-state index is 0.787. The van der Waals surface area contributed by atoms with Gasteiger partial charge in [-0.15, -0.1) is 0 Å². The fourth-order valence-corrected chi connectivity index (χ4v) is 2.90. The molecular weight excluding hydrogens is 246 g/mol. The topological polar surface area (TPSA) is 21.3 Å². The minimum Gasteiger partial charge on any atom is -0.494 e. The molecule has 0 heterocycles. The molecule has 0 unspecified atom stereocenters.